The van der Waals surface area contributed by atoms with E-state index in [9.17, 15) is 4.79 Å². The summed E-state index contributed by atoms with van der Waals surface area (Å²) in [6.07, 6.45) is 2.87. The van der Waals surface area contributed by atoms with Gasteiger partial charge in [0.15, 0.2) is 5.82 Å². The standard InChI is InChI=1S/C9H4N4O2S/c14-9(15)4-1-5-6-7(13-12-5)10-3-11-8(6)16-2-4/h1-3H,(H,14,15). The van der Waals surface area contributed by atoms with Crippen molar-refractivity contribution in [1.29, 1.82) is 0 Å². The fraction of sp³-hybridized carbons (Fsp3) is 0. The van der Waals surface area contributed by atoms with Crippen molar-refractivity contribution < 1.29 is 9.90 Å². The average Bonchev–Trinajstić information content (AvgIpc) is 2.56. The van der Waals surface area contributed by atoms with Crippen LogP contribution in [0.25, 0.3) is 5.70 Å². The number of carboxylic acids is 1. The molecule has 1 aromatic heterocycles. The Balaban J connectivity index is 2.23. The maximum atomic E-state index is 10.9. The second kappa shape index (κ2) is 3.24. The monoisotopic (exact) mass is 232 g/mol. The number of carbonyl (C=O) groups is 1. The Hall–Kier alpha value is -2.02. The molecule has 2 aliphatic rings. The normalized spacial score (nSPS) is 16.2. The summed E-state index contributed by atoms with van der Waals surface area (Å²) in [7, 11) is 0. The van der Waals surface area contributed by atoms with Crippen molar-refractivity contribution in [1.82, 2.24) is 9.97 Å². The molecule has 0 spiro atoms. The van der Waals surface area contributed by atoms with E-state index in [0.29, 0.717) is 22.1 Å². The maximum Gasteiger partial charge on any atom is 0.336 e. The molecule has 0 aromatic carbocycles. The van der Waals surface area contributed by atoms with Crippen LogP contribution >= 0.6 is 11.8 Å². The Morgan fingerprint density at radius 1 is 1.31 bits per heavy atom. The van der Waals surface area contributed by atoms with Crippen molar-refractivity contribution >= 4 is 29.2 Å². The molecule has 0 amide bonds. The highest BCUT2D eigenvalue weighted by atomic mass is 32.2. The number of aliphatic carboxylic acids is 1. The second-order valence-corrected chi connectivity index (χ2v) is 3.96. The number of hydrogen-bond acceptors (Lipinski definition) is 6. The van der Waals surface area contributed by atoms with E-state index in [2.05, 4.69) is 20.2 Å². The highest BCUT2D eigenvalue weighted by Gasteiger charge is 2.24. The molecule has 0 saturated carbocycles. The van der Waals surface area contributed by atoms with Crippen LogP contribution in [0.4, 0.5) is 5.82 Å². The first-order valence-electron chi connectivity index (χ1n) is 4.34. The molecule has 2 aliphatic heterocycles. The van der Waals surface area contributed by atoms with Gasteiger partial charge in [0.25, 0.3) is 0 Å². The quantitative estimate of drug-likeness (QED) is 0.748. The Morgan fingerprint density at radius 2 is 2.19 bits per heavy atom. The van der Waals surface area contributed by atoms with Crippen molar-refractivity contribution in [2.45, 2.75) is 5.03 Å². The molecule has 0 radical (unpaired) electrons. The van der Waals surface area contributed by atoms with Crippen molar-refractivity contribution in [2.24, 2.45) is 10.2 Å². The smallest absolute Gasteiger partial charge is 0.336 e. The van der Waals surface area contributed by atoms with Gasteiger partial charge in [-0.1, -0.05) is 11.8 Å². The van der Waals surface area contributed by atoms with Crippen LogP contribution in [0.15, 0.2) is 38.6 Å². The number of nitrogens with zero attached hydrogens (tertiary/aromatic N) is 4. The molecule has 0 atom stereocenters. The zero-order valence-electron chi connectivity index (χ0n) is 7.78. The van der Waals surface area contributed by atoms with Crippen LogP contribution in [0.3, 0.4) is 0 Å². The van der Waals surface area contributed by atoms with E-state index in [-0.39, 0.29) is 5.57 Å². The fourth-order valence-corrected chi connectivity index (χ4v) is 2.24. The lowest BCUT2D eigenvalue weighted by molar-refractivity contribution is -0.132. The van der Waals surface area contributed by atoms with Crippen LogP contribution in [-0.2, 0) is 4.79 Å². The van der Waals surface area contributed by atoms with Gasteiger partial charge in [-0.05, 0) is 11.5 Å². The van der Waals surface area contributed by atoms with Crippen LogP contribution in [-0.4, -0.2) is 21.0 Å². The van der Waals surface area contributed by atoms with Gasteiger partial charge in [0.2, 0.25) is 0 Å². The van der Waals surface area contributed by atoms with E-state index in [4.69, 9.17) is 5.11 Å². The number of aromatic nitrogens is 2. The van der Waals surface area contributed by atoms with Crippen molar-refractivity contribution in [3.05, 3.63) is 28.9 Å². The summed E-state index contributed by atoms with van der Waals surface area (Å²) < 4.78 is 0. The Labute approximate surface area is 93.8 Å². The van der Waals surface area contributed by atoms with Gasteiger partial charge in [0.05, 0.1) is 11.1 Å². The predicted octanol–water partition coefficient (Wildman–Crippen LogP) is 1.99. The zero-order valence-corrected chi connectivity index (χ0v) is 8.60. The zero-order chi connectivity index (χ0) is 11.1. The highest BCUT2D eigenvalue weighted by Crippen LogP contribution is 2.41. The van der Waals surface area contributed by atoms with Crippen LogP contribution < -0.4 is 0 Å². The number of hydrogen-bond donors (Lipinski definition) is 1. The summed E-state index contributed by atoms with van der Waals surface area (Å²) in [5.74, 6) is -0.506. The van der Waals surface area contributed by atoms with E-state index in [0.717, 1.165) is 0 Å². The van der Waals surface area contributed by atoms with Crippen molar-refractivity contribution in [3.63, 3.8) is 0 Å². The summed E-state index contributed by atoms with van der Waals surface area (Å²) >= 11 is 1.24. The average molecular weight is 232 g/mol. The van der Waals surface area contributed by atoms with Gasteiger partial charge in [-0.2, -0.15) is 0 Å². The minimum atomic E-state index is -0.996. The van der Waals surface area contributed by atoms with Crippen LogP contribution in [0.2, 0.25) is 0 Å². The SMILES string of the molecule is O=C(O)C1=CSc2ncnc3c2C(=C1)N=N3. The molecule has 6 nitrogen and oxygen atoms in total. The summed E-state index contributed by atoms with van der Waals surface area (Å²) in [4.78, 5) is 18.9. The third-order valence-corrected chi connectivity index (χ3v) is 3.04. The number of rotatable bonds is 1. The molecule has 78 valence electrons. The molecular formula is C9H4N4O2S. The van der Waals surface area contributed by atoms with Crippen molar-refractivity contribution in [3.8, 4) is 0 Å². The molecule has 3 rings (SSSR count). The molecule has 0 aliphatic carbocycles. The van der Waals surface area contributed by atoms with Gasteiger partial charge in [-0.15, -0.1) is 10.2 Å². The minimum Gasteiger partial charge on any atom is -0.478 e. The second-order valence-electron chi connectivity index (χ2n) is 3.10. The Kier molecular flexibility index (Phi) is 1.87. The number of thioether (sulfide) groups is 1. The van der Waals surface area contributed by atoms with E-state index in [1.165, 1.54) is 29.6 Å². The lowest BCUT2D eigenvalue weighted by Gasteiger charge is -1.99. The Morgan fingerprint density at radius 3 is 3.00 bits per heavy atom. The maximum absolute atomic E-state index is 10.9. The van der Waals surface area contributed by atoms with Crippen LogP contribution in [0, 0.1) is 0 Å². The molecule has 0 unspecified atom stereocenters. The first-order chi connectivity index (χ1) is 7.75. The third kappa shape index (κ3) is 1.25. The molecule has 16 heavy (non-hydrogen) atoms. The summed E-state index contributed by atoms with van der Waals surface area (Å²) in [5, 5.41) is 18.9. The minimum absolute atomic E-state index is 0.171. The first-order valence-corrected chi connectivity index (χ1v) is 5.22. The largest absolute Gasteiger partial charge is 0.478 e. The van der Waals surface area contributed by atoms with Gasteiger partial charge < -0.3 is 5.11 Å². The summed E-state index contributed by atoms with van der Waals surface area (Å²) in [6, 6.07) is 0. The Bertz CT molecular complexity index is 591. The van der Waals surface area contributed by atoms with Gasteiger partial charge in [-0.3, -0.25) is 0 Å². The fourth-order valence-electron chi connectivity index (χ4n) is 1.42. The van der Waals surface area contributed by atoms with Crippen LogP contribution in [0.5, 0.6) is 0 Å². The molecule has 0 bridgehead atoms. The summed E-state index contributed by atoms with van der Waals surface area (Å²) in [5.41, 5.74) is 1.38. The lowest BCUT2D eigenvalue weighted by atomic mass is 10.2. The molecule has 3 heterocycles. The highest BCUT2D eigenvalue weighted by molar-refractivity contribution is 8.02. The predicted molar refractivity (Wildman–Crippen MR) is 56.1 cm³/mol. The lowest BCUT2D eigenvalue weighted by Crippen LogP contribution is -1.96. The van der Waals surface area contributed by atoms with Gasteiger partial charge in [-0.25, -0.2) is 14.8 Å². The van der Waals surface area contributed by atoms with Crippen molar-refractivity contribution in [2.75, 3.05) is 0 Å². The summed E-state index contributed by atoms with van der Waals surface area (Å²) in [6.45, 7) is 0. The molecule has 1 aromatic rings. The molecule has 0 fully saturated rings. The molecule has 7 heteroatoms. The molecule has 1 N–H and O–H groups in total. The van der Waals surface area contributed by atoms with E-state index < -0.39 is 5.97 Å². The van der Waals surface area contributed by atoms with E-state index in [1.54, 1.807) is 0 Å². The third-order valence-electron chi connectivity index (χ3n) is 2.14. The van der Waals surface area contributed by atoms with Gasteiger partial charge >= 0.3 is 5.97 Å². The molecule has 0 saturated heterocycles. The van der Waals surface area contributed by atoms with Gasteiger partial charge in [0.1, 0.15) is 17.1 Å². The number of carboxylic acid groups (broad SMARTS) is 1. The van der Waals surface area contributed by atoms with E-state index in [1.807, 2.05) is 0 Å². The topological polar surface area (TPSA) is 87.8 Å². The molecular weight excluding hydrogens is 228 g/mol. The number of azo groups is 1. The van der Waals surface area contributed by atoms with Gasteiger partial charge in [0, 0.05) is 0 Å². The van der Waals surface area contributed by atoms with E-state index >= 15 is 0 Å². The van der Waals surface area contributed by atoms with Crippen LogP contribution in [0.1, 0.15) is 5.56 Å². The first kappa shape index (κ1) is 9.22.